The van der Waals surface area contributed by atoms with Crippen LogP contribution in [0.3, 0.4) is 0 Å². The number of ether oxygens (including phenoxy) is 1. The molecule has 2 aromatic heterocycles. The maximum atomic E-state index is 12.6. The fraction of sp³-hybridized carbons (Fsp3) is 0.176. The van der Waals surface area contributed by atoms with E-state index >= 15 is 0 Å². The number of nitrogens with one attached hydrogen (secondary N) is 1. The summed E-state index contributed by atoms with van der Waals surface area (Å²) < 4.78 is 6.57. The van der Waals surface area contributed by atoms with Crippen LogP contribution in [0.15, 0.2) is 41.3 Å². The van der Waals surface area contributed by atoms with Gasteiger partial charge in [-0.15, -0.1) is 0 Å². The van der Waals surface area contributed by atoms with Crippen LogP contribution in [0.4, 0.5) is 11.5 Å². The van der Waals surface area contributed by atoms with Crippen molar-refractivity contribution in [2.24, 2.45) is 0 Å². The molecule has 0 atom stereocenters. The molecule has 0 unspecified atom stereocenters. The first-order valence-corrected chi connectivity index (χ1v) is 7.31. The van der Waals surface area contributed by atoms with Gasteiger partial charge in [-0.25, -0.2) is 4.98 Å². The molecule has 0 saturated heterocycles. The van der Waals surface area contributed by atoms with E-state index < -0.39 is 6.61 Å². The molecule has 0 spiro atoms. The van der Waals surface area contributed by atoms with E-state index in [4.69, 9.17) is 4.74 Å². The Kier molecular flexibility index (Phi) is 4.09. The molecule has 7 heteroatoms. The van der Waals surface area contributed by atoms with E-state index in [9.17, 15) is 15.0 Å². The van der Waals surface area contributed by atoms with Crippen molar-refractivity contribution in [3.05, 3.63) is 58.0 Å². The van der Waals surface area contributed by atoms with Crippen molar-refractivity contribution in [2.75, 3.05) is 12.4 Å². The number of benzene rings is 1. The highest BCUT2D eigenvalue weighted by Gasteiger charge is 2.15. The molecule has 0 aliphatic rings. The minimum absolute atomic E-state index is 0.126. The highest BCUT2D eigenvalue weighted by atomic mass is 16.5. The van der Waals surface area contributed by atoms with Gasteiger partial charge in [-0.1, -0.05) is 6.07 Å². The number of nitrogens with zero attached hydrogens (tertiary/aromatic N) is 2. The average molecular weight is 327 g/mol. The Morgan fingerprint density at radius 3 is 2.79 bits per heavy atom. The Morgan fingerprint density at radius 2 is 2.12 bits per heavy atom. The Labute approximate surface area is 137 Å². The summed E-state index contributed by atoms with van der Waals surface area (Å²) in [7, 11) is 1.49. The Morgan fingerprint density at radius 1 is 1.33 bits per heavy atom. The fourth-order valence-corrected chi connectivity index (χ4v) is 2.40. The molecule has 3 aromatic rings. The van der Waals surface area contributed by atoms with Gasteiger partial charge >= 0.3 is 0 Å². The maximum Gasteiger partial charge on any atom is 0.265 e. The number of pyridine rings is 1. The highest BCUT2D eigenvalue weighted by Crippen LogP contribution is 2.25. The van der Waals surface area contributed by atoms with E-state index in [0.29, 0.717) is 17.1 Å². The van der Waals surface area contributed by atoms with Gasteiger partial charge in [0.2, 0.25) is 0 Å². The fourth-order valence-electron chi connectivity index (χ4n) is 2.40. The van der Waals surface area contributed by atoms with E-state index in [1.807, 2.05) is 0 Å². The van der Waals surface area contributed by atoms with Crippen LogP contribution >= 0.6 is 0 Å². The van der Waals surface area contributed by atoms with Crippen LogP contribution in [0.2, 0.25) is 0 Å². The second-order valence-electron chi connectivity index (χ2n) is 5.30. The van der Waals surface area contributed by atoms with Gasteiger partial charge in [0.25, 0.3) is 5.56 Å². The lowest BCUT2D eigenvalue weighted by Gasteiger charge is -2.13. The average Bonchev–Trinajstić information content (AvgIpc) is 2.58. The van der Waals surface area contributed by atoms with Gasteiger partial charge in [-0.05, 0) is 30.7 Å². The number of aliphatic hydroxyl groups excluding tert-OH is 1. The van der Waals surface area contributed by atoms with Gasteiger partial charge in [-0.2, -0.15) is 0 Å². The smallest absolute Gasteiger partial charge is 0.265 e. The van der Waals surface area contributed by atoms with Crippen LogP contribution in [0.1, 0.15) is 11.1 Å². The van der Waals surface area contributed by atoms with Crippen LogP contribution < -0.4 is 15.6 Å². The predicted molar refractivity (Wildman–Crippen MR) is 90.1 cm³/mol. The van der Waals surface area contributed by atoms with Gasteiger partial charge in [0, 0.05) is 18.0 Å². The molecule has 0 saturated carbocycles. The van der Waals surface area contributed by atoms with Crippen molar-refractivity contribution < 1.29 is 14.9 Å². The molecule has 3 N–H and O–H groups in total. The lowest BCUT2D eigenvalue weighted by atomic mass is 10.2. The zero-order valence-corrected chi connectivity index (χ0v) is 13.3. The molecule has 7 nitrogen and oxygen atoms in total. The van der Waals surface area contributed by atoms with Crippen molar-refractivity contribution in [1.82, 2.24) is 9.38 Å². The number of aromatic nitrogens is 2. The van der Waals surface area contributed by atoms with E-state index in [0.717, 1.165) is 5.56 Å². The topological polar surface area (TPSA) is 96.1 Å². The molecule has 0 aliphatic heterocycles. The van der Waals surface area contributed by atoms with Crippen molar-refractivity contribution in [2.45, 2.75) is 13.5 Å². The molecule has 0 fully saturated rings. The first-order valence-electron chi connectivity index (χ1n) is 7.31. The largest absolute Gasteiger partial charge is 0.508 e. The number of fused-ring (bicyclic) bond motifs is 1. The first kappa shape index (κ1) is 15.8. The molecule has 24 heavy (non-hydrogen) atoms. The molecule has 0 radical (unpaired) electrons. The number of rotatable bonds is 4. The third kappa shape index (κ3) is 2.65. The van der Waals surface area contributed by atoms with Gasteiger partial charge in [-0.3, -0.25) is 9.20 Å². The second kappa shape index (κ2) is 6.21. The van der Waals surface area contributed by atoms with Crippen molar-refractivity contribution in [3.8, 4) is 11.5 Å². The van der Waals surface area contributed by atoms with E-state index in [1.165, 1.54) is 17.6 Å². The van der Waals surface area contributed by atoms with E-state index in [1.54, 1.807) is 37.4 Å². The van der Waals surface area contributed by atoms with Crippen LogP contribution in [-0.4, -0.2) is 26.7 Å². The molecule has 2 heterocycles. The summed E-state index contributed by atoms with van der Waals surface area (Å²) >= 11 is 0. The second-order valence-corrected chi connectivity index (χ2v) is 5.30. The Bertz CT molecular complexity index is 966. The first-order chi connectivity index (χ1) is 11.5. The Balaban J connectivity index is 2.19. The van der Waals surface area contributed by atoms with Crippen LogP contribution in [0.5, 0.6) is 11.5 Å². The summed E-state index contributed by atoms with van der Waals surface area (Å²) in [4.78, 5) is 17.0. The van der Waals surface area contributed by atoms with E-state index in [2.05, 4.69) is 10.3 Å². The number of aryl methyl sites for hydroxylation is 1. The number of anilines is 2. The maximum absolute atomic E-state index is 12.6. The normalized spacial score (nSPS) is 10.8. The summed E-state index contributed by atoms with van der Waals surface area (Å²) in [6.07, 6.45) is 1.56. The monoisotopic (exact) mass is 327 g/mol. The number of hydrogen-bond donors (Lipinski definition) is 3. The van der Waals surface area contributed by atoms with Gasteiger partial charge < -0.3 is 20.3 Å². The minimum atomic E-state index is -0.466. The number of phenolic OH excluding ortho intramolecular Hbond substituents is 1. The van der Waals surface area contributed by atoms with Crippen molar-refractivity contribution >= 4 is 17.2 Å². The molecule has 3 rings (SSSR count). The summed E-state index contributed by atoms with van der Waals surface area (Å²) in [5.41, 5.74) is 1.36. The number of phenols is 1. The predicted octanol–water partition coefficient (Wildman–Crippen LogP) is 1.95. The van der Waals surface area contributed by atoms with E-state index in [-0.39, 0.29) is 22.7 Å². The van der Waals surface area contributed by atoms with Crippen LogP contribution in [-0.2, 0) is 6.61 Å². The highest BCUT2D eigenvalue weighted by molar-refractivity contribution is 5.65. The molecule has 0 bridgehead atoms. The van der Waals surface area contributed by atoms with Crippen LogP contribution in [0, 0.1) is 6.92 Å². The lowest BCUT2D eigenvalue weighted by molar-refractivity contribution is 0.280. The summed E-state index contributed by atoms with van der Waals surface area (Å²) in [6, 6.07) is 8.39. The zero-order chi connectivity index (χ0) is 17.3. The minimum Gasteiger partial charge on any atom is -0.508 e. The molecule has 1 aromatic carbocycles. The number of hydrogen-bond acceptors (Lipinski definition) is 6. The van der Waals surface area contributed by atoms with Crippen molar-refractivity contribution in [3.63, 3.8) is 0 Å². The number of methoxy groups -OCH3 is 1. The molecule has 0 amide bonds. The molecular weight excluding hydrogens is 310 g/mol. The quantitative estimate of drug-likeness (QED) is 0.678. The van der Waals surface area contributed by atoms with Gasteiger partial charge in [0.15, 0.2) is 11.4 Å². The number of aliphatic hydroxyl groups is 1. The SMILES string of the molecule is COc1cccn2c(=O)c(CO)c(Nc3ccc(C)c(O)c3)nc12. The van der Waals surface area contributed by atoms with Crippen molar-refractivity contribution in [1.29, 1.82) is 0 Å². The molecule has 0 aliphatic carbocycles. The molecule has 124 valence electrons. The van der Waals surface area contributed by atoms with Gasteiger partial charge in [0.05, 0.1) is 19.3 Å². The number of aromatic hydroxyl groups is 1. The Hall–Kier alpha value is -3.06. The zero-order valence-electron chi connectivity index (χ0n) is 13.3. The summed E-state index contributed by atoms with van der Waals surface area (Å²) in [5, 5.41) is 22.4. The third-order valence-electron chi connectivity index (χ3n) is 3.76. The summed E-state index contributed by atoms with van der Waals surface area (Å²) in [5.74, 6) is 0.782. The van der Waals surface area contributed by atoms with Crippen LogP contribution in [0.25, 0.3) is 5.65 Å². The third-order valence-corrected chi connectivity index (χ3v) is 3.76. The van der Waals surface area contributed by atoms with Gasteiger partial charge in [0.1, 0.15) is 11.6 Å². The molecular formula is C17H17N3O4. The summed E-state index contributed by atoms with van der Waals surface area (Å²) in [6.45, 7) is 1.32. The lowest BCUT2D eigenvalue weighted by Crippen LogP contribution is -2.22. The standard InChI is InChI=1S/C17H17N3O4/c1-10-5-6-11(8-13(10)22)18-15-12(9-21)17(23)20-7-3-4-14(24-2)16(20)19-15/h3-8,18,21-22H,9H2,1-2H3.